The van der Waals surface area contributed by atoms with E-state index < -0.39 is 31.7 Å². The third-order valence-electron chi connectivity index (χ3n) is 1.70. The van der Waals surface area contributed by atoms with Crippen molar-refractivity contribution in [3.05, 3.63) is 22.7 Å². The fraction of sp³-hybridized carbons (Fsp3) is 0.400. The Hall–Kier alpha value is -1.16. The molecule has 1 aromatic rings. The van der Waals surface area contributed by atoms with Crippen LogP contribution < -0.4 is 9.47 Å². The Morgan fingerprint density at radius 3 is 2.20 bits per heavy atom. The molecule has 0 saturated carbocycles. The highest BCUT2D eigenvalue weighted by atomic mass is 79.9. The largest absolute Gasteiger partial charge is 0.573 e. The summed E-state index contributed by atoms with van der Waals surface area (Å²) in [5.74, 6) is -0.477. The van der Waals surface area contributed by atoms with Crippen molar-refractivity contribution in [3.63, 3.8) is 0 Å². The molecule has 0 aliphatic carbocycles. The fourth-order valence-electron chi connectivity index (χ4n) is 1.05. The standard InChI is InChI=1S/C10H7BrF6O3/c11-7-3-6(19-5-18-4-9(12,13)14)1-2-8(7)20-10(15,16)17/h1-3H,4-5H2. The minimum absolute atomic E-state index is 0.0218. The van der Waals surface area contributed by atoms with Gasteiger partial charge in [-0.15, -0.1) is 13.2 Å². The van der Waals surface area contributed by atoms with Crippen molar-refractivity contribution in [2.24, 2.45) is 0 Å². The van der Waals surface area contributed by atoms with Crippen LogP contribution >= 0.6 is 15.9 Å². The summed E-state index contributed by atoms with van der Waals surface area (Å²) in [4.78, 5) is 0. The van der Waals surface area contributed by atoms with E-state index in [2.05, 4.69) is 25.4 Å². The minimum atomic E-state index is -4.85. The molecule has 1 rings (SSSR count). The number of alkyl halides is 6. The zero-order valence-electron chi connectivity index (χ0n) is 9.52. The number of halogens is 7. The van der Waals surface area contributed by atoms with Gasteiger partial charge < -0.3 is 14.2 Å². The van der Waals surface area contributed by atoms with Crippen LogP contribution in [0.4, 0.5) is 26.3 Å². The van der Waals surface area contributed by atoms with E-state index in [1.165, 1.54) is 0 Å². The molecule has 0 aromatic heterocycles. The third kappa shape index (κ3) is 6.85. The Morgan fingerprint density at radius 1 is 1.05 bits per heavy atom. The van der Waals surface area contributed by atoms with E-state index in [-0.39, 0.29) is 10.2 Å². The van der Waals surface area contributed by atoms with Crippen LogP contribution in [0.3, 0.4) is 0 Å². The van der Waals surface area contributed by atoms with Crippen LogP contribution in [-0.2, 0) is 4.74 Å². The number of rotatable bonds is 5. The van der Waals surface area contributed by atoms with E-state index in [9.17, 15) is 26.3 Å². The van der Waals surface area contributed by atoms with Crippen molar-refractivity contribution in [1.82, 2.24) is 0 Å². The van der Waals surface area contributed by atoms with Crippen LogP contribution in [0.25, 0.3) is 0 Å². The zero-order valence-corrected chi connectivity index (χ0v) is 11.1. The van der Waals surface area contributed by atoms with E-state index in [0.717, 1.165) is 18.2 Å². The van der Waals surface area contributed by atoms with Gasteiger partial charge in [0.25, 0.3) is 0 Å². The van der Waals surface area contributed by atoms with E-state index in [0.29, 0.717) is 0 Å². The van der Waals surface area contributed by atoms with E-state index in [4.69, 9.17) is 4.74 Å². The monoisotopic (exact) mass is 368 g/mol. The SMILES string of the molecule is FC(F)(F)COCOc1ccc(OC(F)(F)F)c(Br)c1. The fourth-order valence-corrected chi connectivity index (χ4v) is 1.48. The molecule has 0 bridgehead atoms. The van der Waals surface area contributed by atoms with Crippen LogP contribution in [0.2, 0.25) is 0 Å². The van der Waals surface area contributed by atoms with Gasteiger partial charge in [-0.1, -0.05) is 0 Å². The second-order valence-corrected chi connectivity index (χ2v) is 4.22. The lowest BCUT2D eigenvalue weighted by atomic mass is 10.3. The first-order valence-corrected chi connectivity index (χ1v) is 5.69. The molecule has 0 amide bonds. The Kier molecular flexibility index (Phi) is 5.51. The van der Waals surface area contributed by atoms with Crippen LogP contribution in [0.1, 0.15) is 0 Å². The average Bonchev–Trinajstić information content (AvgIpc) is 2.25. The summed E-state index contributed by atoms with van der Waals surface area (Å²) in [5, 5.41) is 0. The van der Waals surface area contributed by atoms with E-state index in [1.54, 1.807) is 0 Å². The van der Waals surface area contributed by atoms with Gasteiger partial charge in [0.05, 0.1) is 4.47 Å². The normalized spacial score (nSPS) is 12.3. The molecule has 0 unspecified atom stereocenters. The highest BCUT2D eigenvalue weighted by molar-refractivity contribution is 9.10. The summed E-state index contributed by atoms with van der Waals surface area (Å²) in [6, 6.07) is 3.16. The highest BCUT2D eigenvalue weighted by Crippen LogP contribution is 2.33. The van der Waals surface area contributed by atoms with Gasteiger partial charge in [0.15, 0.2) is 6.79 Å². The van der Waals surface area contributed by atoms with Crippen LogP contribution in [0, 0.1) is 0 Å². The average molecular weight is 369 g/mol. The Morgan fingerprint density at radius 2 is 1.70 bits per heavy atom. The summed E-state index contributed by atoms with van der Waals surface area (Å²) in [7, 11) is 0. The Labute approximate surface area is 117 Å². The smallest absolute Gasteiger partial charge is 0.468 e. The maximum atomic E-state index is 12.0. The Balaban J connectivity index is 2.51. The molecule has 1 aromatic carbocycles. The molecule has 0 N–H and O–H groups in total. The predicted octanol–water partition coefficient (Wildman–Crippen LogP) is 4.26. The van der Waals surface area contributed by atoms with Crippen LogP contribution in [-0.4, -0.2) is 25.9 Å². The topological polar surface area (TPSA) is 27.7 Å². The number of hydrogen-bond acceptors (Lipinski definition) is 3. The number of ether oxygens (including phenoxy) is 3. The highest BCUT2D eigenvalue weighted by Gasteiger charge is 2.32. The third-order valence-corrected chi connectivity index (χ3v) is 2.32. The lowest BCUT2D eigenvalue weighted by Crippen LogP contribution is -2.19. The van der Waals surface area contributed by atoms with E-state index in [1.807, 2.05) is 0 Å². The molecule has 20 heavy (non-hydrogen) atoms. The lowest BCUT2D eigenvalue weighted by Gasteiger charge is -2.12. The molecule has 0 radical (unpaired) electrons. The van der Waals surface area contributed by atoms with Gasteiger partial charge in [-0.3, -0.25) is 0 Å². The number of hydrogen-bond donors (Lipinski definition) is 0. The van der Waals surface area contributed by atoms with Gasteiger partial charge in [-0.2, -0.15) is 13.2 Å². The van der Waals surface area contributed by atoms with Crippen molar-refractivity contribution < 1.29 is 40.6 Å². The van der Waals surface area contributed by atoms with Crippen LogP contribution in [0.5, 0.6) is 11.5 Å². The van der Waals surface area contributed by atoms with Crippen molar-refractivity contribution in [2.75, 3.05) is 13.4 Å². The maximum absolute atomic E-state index is 12.0. The first-order valence-electron chi connectivity index (χ1n) is 4.89. The molecule has 0 atom stereocenters. The van der Waals surface area contributed by atoms with Gasteiger partial charge in [0, 0.05) is 0 Å². The molecule has 0 spiro atoms. The second-order valence-electron chi connectivity index (χ2n) is 3.37. The second kappa shape index (κ2) is 6.53. The summed E-state index contributed by atoms with van der Waals surface area (Å²) in [5.41, 5.74) is 0. The molecular weight excluding hydrogens is 362 g/mol. The van der Waals surface area contributed by atoms with Crippen molar-refractivity contribution in [1.29, 1.82) is 0 Å². The van der Waals surface area contributed by atoms with Crippen LogP contribution in [0.15, 0.2) is 22.7 Å². The van der Waals surface area contributed by atoms with E-state index >= 15 is 0 Å². The van der Waals surface area contributed by atoms with Crippen molar-refractivity contribution >= 4 is 15.9 Å². The lowest BCUT2D eigenvalue weighted by molar-refractivity contribution is -0.274. The van der Waals surface area contributed by atoms with Gasteiger partial charge in [0.2, 0.25) is 0 Å². The maximum Gasteiger partial charge on any atom is 0.573 e. The Bertz CT molecular complexity index is 446. The quantitative estimate of drug-likeness (QED) is 0.441. The summed E-state index contributed by atoms with van der Waals surface area (Å²) in [6.07, 6.45) is -9.32. The summed E-state index contributed by atoms with van der Waals surface area (Å²) < 4.78 is 83.7. The van der Waals surface area contributed by atoms with Gasteiger partial charge in [0.1, 0.15) is 18.1 Å². The molecule has 3 nitrogen and oxygen atoms in total. The molecule has 0 aliphatic rings. The van der Waals surface area contributed by atoms with Crippen molar-refractivity contribution in [2.45, 2.75) is 12.5 Å². The summed E-state index contributed by atoms with van der Waals surface area (Å²) in [6.45, 7) is -2.17. The first-order chi connectivity index (χ1) is 9.07. The van der Waals surface area contributed by atoms with Crippen molar-refractivity contribution in [3.8, 4) is 11.5 Å². The van der Waals surface area contributed by atoms with Gasteiger partial charge in [-0.25, -0.2) is 0 Å². The molecule has 0 heterocycles. The molecular formula is C10H7BrF6O3. The van der Waals surface area contributed by atoms with Gasteiger partial charge >= 0.3 is 12.5 Å². The minimum Gasteiger partial charge on any atom is -0.468 e. The predicted molar refractivity (Wildman–Crippen MR) is 58.3 cm³/mol. The molecule has 0 aliphatic heterocycles. The first kappa shape index (κ1) is 16.9. The summed E-state index contributed by atoms with van der Waals surface area (Å²) >= 11 is 2.81. The molecule has 10 heteroatoms. The molecule has 114 valence electrons. The zero-order chi connectivity index (χ0) is 15.4. The molecule has 0 fully saturated rings. The van der Waals surface area contributed by atoms with Gasteiger partial charge in [-0.05, 0) is 34.1 Å². The number of benzene rings is 1. The molecule has 0 saturated heterocycles.